The van der Waals surface area contributed by atoms with Gasteiger partial charge in [0.2, 0.25) is 0 Å². The molecule has 656 valence electrons. The highest BCUT2D eigenvalue weighted by Gasteiger charge is 2.48. The van der Waals surface area contributed by atoms with Crippen LogP contribution in [0.5, 0.6) is 6.01 Å². The standard InChI is InChI=1S/C21H34N5O4P.C21H34N5O3PS.C20H32N5O3P.C15H24N5O3PS.C2H6/c1-7-13(2)8-10-22-18-15-19(25-21(24-18)29-3)26(12-23-15)20-17(28)16(27)14(30-20)9-11-31(4,5)6;1-7-13(2)8-10-22-18-15-19(25-21(24-18)31-6)26(12-23-15)20-17(28)16(27)14(29-20)9-11-30(3,4)5;1-6-13(2)7-9-21-18-15-19(23-11-22-18)25(12-24-15)20-17(27)16(26)14(28-20)8-10-29(3,4)5;1-24(2,3)6-5-8-10(21)11(22)14(23-8)20-7-17-9-12(16)18-15(25-4)19-13(9)20;1-2/h8,12,14,16-17,20,27-28H,4,7,9-11H2,1-3,5-6H3,(H,22,24,25);8,12,14,16-17,20,27-28H,3,7,9-11H2,1-2,4-6H3,(H,22,24,25);7,11-12,14,16-17,20,26-27H,3,6,8-10H2,1-2,4-5H3,(H,21,22,23);7-8,10-11,14,21-22H,1,5-6H2,2-4H3,(H2,16,18,19);1-2H3/b2*13-8-;13-7-;;/t3*14-,16-,17-,20-;8-,10-,11-,14-;/m1111./s1. The molecule has 4 saturated heterocycles. The van der Waals surface area contributed by atoms with E-state index in [0.29, 0.717) is 118 Å². The molecular weight excluding hydrogens is 1630 g/mol. The van der Waals surface area contributed by atoms with E-state index >= 15 is 0 Å². The molecule has 118 heavy (non-hydrogen) atoms. The maximum atomic E-state index is 10.7. The third-order valence-electron chi connectivity index (χ3n) is 20.5. The molecule has 0 saturated carbocycles. The van der Waals surface area contributed by atoms with Crippen LogP contribution in [0.3, 0.4) is 0 Å². The highest BCUT2D eigenvalue weighted by atomic mass is 32.2. The minimum absolute atomic E-state index is 0.182. The van der Waals surface area contributed by atoms with Crippen molar-refractivity contribution in [1.29, 1.82) is 0 Å². The molecule has 12 heterocycles. The highest BCUT2D eigenvalue weighted by molar-refractivity contribution is 7.98. The van der Waals surface area contributed by atoms with E-state index in [1.54, 1.807) is 37.3 Å². The number of anilines is 4. The number of rotatable bonds is 31. The number of nitrogens with zero attached hydrogens (tertiary/aromatic N) is 16. The normalized spacial score (nSPS) is 25.1. The minimum atomic E-state index is -1.26. The van der Waals surface area contributed by atoms with Crippen molar-refractivity contribution in [2.24, 2.45) is 0 Å². The van der Waals surface area contributed by atoms with Crippen LogP contribution in [0.15, 0.2) is 76.9 Å². The Labute approximate surface area is 703 Å². The van der Waals surface area contributed by atoms with Crippen molar-refractivity contribution in [2.45, 2.75) is 209 Å². The monoisotopic (exact) mass is 1750 g/mol. The first-order valence-corrected chi connectivity index (χ1v) is 54.6. The highest BCUT2D eigenvalue weighted by Crippen LogP contribution is 2.45. The predicted octanol–water partition coefficient (Wildman–Crippen LogP) is 9.54. The number of thioether (sulfide) groups is 2. The second kappa shape index (κ2) is 43.2. The first-order chi connectivity index (χ1) is 55.7. The van der Waals surface area contributed by atoms with Gasteiger partial charge in [-0.2, -0.15) is 9.97 Å². The van der Waals surface area contributed by atoms with Crippen LogP contribution >= 0.6 is 51.1 Å². The van der Waals surface area contributed by atoms with Gasteiger partial charge in [-0.05, 0) is 156 Å². The SMILES string of the molecule is C=P(C)(C)CC[C@H]1O[C@@H](n2cnc3c(N)nc(SC)nc32)[C@H](O)[C@@H]1O.C=P(C)(C)CC[C@H]1O[C@@H](n2cnc3c(NC/C=C(/C)CC)nc(OC)nc32)[C@H](O)[C@@H]1O.C=P(C)(C)CC[C@H]1O[C@@H](n2cnc3c(NC/C=C(/C)CC)nc(SC)nc32)[C@H](O)[C@@H]1O.C=P(C)(C)CC[C@H]1O[C@@H](n2cnc3c(NC/C=C(/C)CC)ncnc32)[C@H](O)[C@@H]1O.CC. The van der Waals surface area contributed by atoms with Crippen LogP contribution in [0, 0.1) is 0 Å². The molecule has 4 aliphatic rings. The van der Waals surface area contributed by atoms with Crippen LogP contribution in [-0.2, 0) is 18.9 Å². The molecular formula is C79H130N20O13P4S2. The van der Waals surface area contributed by atoms with Crippen molar-refractivity contribution in [2.75, 3.05) is 139 Å². The zero-order valence-corrected chi connectivity index (χ0v) is 77.3. The number of methoxy groups -OCH3 is 1. The van der Waals surface area contributed by atoms with Gasteiger partial charge in [0.25, 0.3) is 0 Å². The molecule has 0 radical (unpaired) electrons. The molecule has 39 heteroatoms. The summed E-state index contributed by atoms with van der Waals surface area (Å²) in [5.41, 5.74) is 14.1. The Kier molecular flexibility index (Phi) is 35.7. The Morgan fingerprint density at radius 2 is 0.729 bits per heavy atom. The lowest BCUT2D eigenvalue weighted by Crippen LogP contribution is -2.31. The molecule has 4 fully saturated rings. The van der Waals surface area contributed by atoms with Gasteiger partial charge >= 0.3 is 6.01 Å². The molecule has 0 spiro atoms. The number of ether oxygens (including phenoxy) is 5. The summed E-state index contributed by atoms with van der Waals surface area (Å²) in [5.74, 6) is 2.08. The number of aromatic nitrogens is 16. The Balaban J connectivity index is 0.000000195. The van der Waals surface area contributed by atoms with Crippen molar-refractivity contribution in [3.05, 3.63) is 66.6 Å². The summed E-state index contributed by atoms with van der Waals surface area (Å²) in [5, 5.41) is 95.4. The number of allylic oxidation sites excluding steroid dienone is 3. The Bertz CT molecular complexity index is 4770. The third-order valence-corrected chi connectivity index (χ3v) is 27.5. The fraction of sp³-hybridized carbons (Fsp3) is 0.620. The Hall–Kier alpha value is -6.16. The van der Waals surface area contributed by atoms with Gasteiger partial charge in [0.15, 0.2) is 97.6 Å². The van der Waals surface area contributed by atoms with Crippen molar-refractivity contribution in [1.82, 2.24) is 78.1 Å². The zero-order valence-electron chi connectivity index (χ0n) is 72.0. The van der Waals surface area contributed by atoms with Gasteiger partial charge in [-0.3, -0.25) is 18.3 Å². The van der Waals surface area contributed by atoms with E-state index in [1.807, 2.05) is 26.4 Å². The van der Waals surface area contributed by atoms with E-state index in [9.17, 15) is 40.9 Å². The number of hydrogen-bond acceptors (Lipinski definition) is 31. The molecule has 12 rings (SSSR count). The maximum Gasteiger partial charge on any atom is 0.320 e. The summed E-state index contributed by atoms with van der Waals surface area (Å²) in [4.78, 5) is 52.8. The number of nitrogens with two attached hydrogens (primary N) is 1. The largest absolute Gasteiger partial charge is 0.467 e. The molecule has 0 aromatic carbocycles. The number of fused-ring (bicyclic) bond motifs is 4. The summed E-state index contributed by atoms with van der Waals surface area (Å²) >= 11 is 2.80. The fourth-order valence-corrected chi connectivity index (χ4v) is 17.6. The number of imidazole rings is 4. The first-order valence-electron chi connectivity index (χ1n) is 39.9. The van der Waals surface area contributed by atoms with Crippen molar-refractivity contribution in [3.63, 3.8) is 0 Å². The molecule has 8 aromatic heterocycles. The summed E-state index contributed by atoms with van der Waals surface area (Å²) in [7, 11) is 1.50. The summed E-state index contributed by atoms with van der Waals surface area (Å²) < 4.78 is 36.0. The molecule has 4 aliphatic heterocycles. The molecule has 13 N–H and O–H groups in total. The van der Waals surface area contributed by atoms with Crippen LogP contribution in [0.1, 0.15) is 125 Å². The van der Waals surface area contributed by atoms with Crippen molar-refractivity contribution >= 4 is 144 Å². The molecule has 33 nitrogen and oxygen atoms in total. The molecule has 0 unspecified atom stereocenters. The molecule has 0 aliphatic carbocycles. The third kappa shape index (κ3) is 25.5. The number of hydrogen-bond donors (Lipinski definition) is 12. The Morgan fingerprint density at radius 1 is 0.432 bits per heavy atom. The quantitative estimate of drug-likeness (QED) is 0.00832. The van der Waals surface area contributed by atoms with E-state index < -0.39 is 126 Å². The van der Waals surface area contributed by atoms with Crippen LogP contribution in [-0.4, -0.2) is 335 Å². The number of aliphatic hydroxyl groups excluding tert-OH is 8. The second-order valence-corrected chi connectivity index (χ2v) is 51.4. The summed E-state index contributed by atoms with van der Waals surface area (Å²) in [6, 6.07) is 0.182. The average Bonchev–Trinajstić information content (AvgIpc) is 1.63. The van der Waals surface area contributed by atoms with E-state index in [4.69, 9.17) is 29.4 Å². The molecule has 0 amide bonds. The smallest absolute Gasteiger partial charge is 0.320 e. The van der Waals surface area contributed by atoms with E-state index in [0.717, 1.165) is 43.9 Å². The number of nitrogen functional groups attached to an aromatic ring is 1. The molecule has 0 bridgehead atoms. The van der Waals surface area contributed by atoms with E-state index in [2.05, 4.69) is 214 Å². The van der Waals surface area contributed by atoms with Crippen LogP contribution in [0.2, 0.25) is 0 Å². The van der Waals surface area contributed by atoms with Crippen LogP contribution in [0.25, 0.3) is 44.7 Å². The first kappa shape index (κ1) is 97.3. The lowest BCUT2D eigenvalue weighted by atomic mass is 10.1. The van der Waals surface area contributed by atoms with Crippen LogP contribution in [0.4, 0.5) is 23.3 Å². The van der Waals surface area contributed by atoms with Gasteiger partial charge < -0.3 is 86.2 Å². The van der Waals surface area contributed by atoms with Crippen molar-refractivity contribution in [3.8, 4) is 6.01 Å². The van der Waals surface area contributed by atoms with Gasteiger partial charge in [-0.1, -0.05) is 93.1 Å². The lowest BCUT2D eigenvalue weighted by Gasteiger charge is -2.18. The maximum absolute atomic E-state index is 10.7. The number of aliphatic hydroxyl groups is 8. The van der Waals surface area contributed by atoms with Gasteiger partial charge in [0.1, 0.15) is 60.7 Å². The second-order valence-electron chi connectivity index (χ2n) is 32.6. The van der Waals surface area contributed by atoms with Gasteiger partial charge in [-0.25, -0.2) is 49.8 Å². The van der Waals surface area contributed by atoms with Crippen LogP contribution < -0.4 is 26.4 Å². The Morgan fingerprint density at radius 3 is 1.06 bits per heavy atom. The molecule has 8 aromatic rings. The molecule has 16 atom stereocenters. The lowest BCUT2D eigenvalue weighted by molar-refractivity contribution is -0.0353. The number of nitrogens with one attached hydrogen (secondary N) is 3. The van der Waals surface area contributed by atoms with Crippen molar-refractivity contribution < 1.29 is 64.5 Å². The van der Waals surface area contributed by atoms with Gasteiger partial charge in [0, 0.05) is 19.6 Å². The average molecular weight is 1760 g/mol. The zero-order chi connectivity index (χ0) is 87.1. The minimum Gasteiger partial charge on any atom is -0.467 e. The summed E-state index contributed by atoms with van der Waals surface area (Å²) in [6.45, 7) is 30.6. The van der Waals surface area contributed by atoms with Gasteiger partial charge in [0.05, 0.1) is 56.8 Å². The fourth-order valence-electron chi connectivity index (χ4n) is 13.1. The van der Waals surface area contributed by atoms with E-state index in [-0.39, 0.29) is 11.8 Å². The summed E-state index contributed by atoms with van der Waals surface area (Å²) in [6.07, 6.45) is 30.7. The topological polar surface area (TPSA) is 444 Å². The van der Waals surface area contributed by atoms with Gasteiger partial charge in [-0.15, -0.1) is 52.7 Å². The predicted molar refractivity (Wildman–Crippen MR) is 490 cm³/mol. The van der Waals surface area contributed by atoms with E-state index in [1.165, 1.54) is 60.0 Å².